The summed E-state index contributed by atoms with van der Waals surface area (Å²) in [6, 6.07) is 1.68. The summed E-state index contributed by atoms with van der Waals surface area (Å²) in [6.07, 6.45) is 2.12. The van der Waals surface area contributed by atoms with Gasteiger partial charge in [-0.05, 0) is 32.9 Å². The summed E-state index contributed by atoms with van der Waals surface area (Å²) in [5.41, 5.74) is -0.0461. The van der Waals surface area contributed by atoms with Gasteiger partial charge in [0.25, 0.3) is 5.91 Å². The third kappa shape index (κ3) is 4.22. The number of carbonyl (C=O) groups is 1. The zero-order valence-corrected chi connectivity index (χ0v) is 15.5. The molecule has 3 rings (SSSR count). The Kier molecular flexibility index (Phi) is 5.76. The summed E-state index contributed by atoms with van der Waals surface area (Å²) < 4.78 is 17.2. The fraction of sp³-hybridized carbons (Fsp3) is 0.778. The highest BCUT2D eigenvalue weighted by molar-refractivity contribution is 5.92. The van der Waals surface area contributed by atoms with E-state index in [0.717, 1.165) is 32.5 Å². The van der Waals surface area contributed by atoms with Crippen molar-refractivity contribution < 1.29 is 18.8 Å². The first-order valence-electron chi connectivity index (χ1n) is 9.26. The SMILES string of the molecule is CCN(CC)C[C@H]1CC[C@@]2(COCCN(C(=O)c3cc(C)on3)C2)O1. The highest BCUT2D eigenvalue weighted by atomic mass is 16.6. The van der Waals surface area contributed by atoms with Crippen LogP contribution in [0.1, 0.15) is 42.9 Å². The molecule has 0 N–H and O–H groups in total. The standard InChI is InChI=1S/C18H29N3O4/c1-4-20(5-2)11-15-6-7-18(24-15)12-21(8-9-23-13-18)17(22)16-10-14(3)25-19-16/h10,15H,4-9,11-13H2,1-3H3/t15-,18-/m1/s1. The van der Waals surface area contributed by atoms with E-state index >= 15 is 0 Å². The van der Waals surface area contributed by atoms with Gasteiger partial charge in [-0.2, -0.15) is 0 Å². The van der Waals surface area contributed by atoms with Gasteiger partial charge in [0, 0.05) is 19.2 Å². The normalized spacial score (nSPS) is 27.2. The lowest BCUT2D eigenvalue weighted by atomic mass is 10.00. The lowest BCUT2D eigenvalue weighted by molar-refractivity contribution is -0.0896. The van der Waals surface area contributed by atoms with E-state index in [0.29, 0.717) is 37.8 Å². The van der Waals surface area contributed by atoms with Gasteiger partial charge in [-0.1, -0.05) is 19.0 Å². The maximum atomic E-state index is 12.7. The number of likely N-dealkylation sites (N-methyl/N-ethyl adjacent to an activating group) is 1. The van der Waals surface area contributed by atoms with E-state index in [1.807, 2.05) is 0 Å². The molecule has 0 saturated carbocycles. The van der Waals surface area contributed by atoms with Gasteiger partial charge in [-0.3, -0.25) is 4.79 Å². The molecule has 7 nitrogen and oxygen atoms in total. The minimum absolute atomic E-state index is 0.113. The molecule has 2 saturated heterocycles. The highest BCUT2D eigenvalue weighted by Crippen LogP contribution is 2.33. The molecule has 2 fully saturated rings. The fourth-order valence-electron chi connectivity index (χ4n) is 3.72. The van der Waals surface area contributed by atoms with Crippen molar-refractivity contribution in [2.45, 2.75) is 45.3 Å². The maximum Gasteiger partial charge on any atom is 0.276 e. The molecule has 140 valence electrons. The van der Waals surface area contributed by atoms with Crippen LogP contribution in [0.4, 0.5) is 0 Å². The Morgan fingerprint density at radius 3 is 2.92 bits per heavy atom. The predicted molar refractivity (Wildman–Crippen MR) is 92.6 cm³/mol. The molecule has 1 amide bonds. The molecule has 1 aromatic rings. The maximum absolute atomic E-state index is 12.7. The average Bonchev–Trinajstić information content (AvgIpc) is 3.15. The van der Waals surface area contributed by atoms with Gasteiger partial charge in [-0.15, -0.1) is 0 Å². The molecule has 0 aromatic carbocycles. The molecule has 2 aliphatic heterocycles. The van der Waals surface area contributed by atoms with Gasteiger partial charge in [0.15, 0.2) is 5.69 Å². The molecule has 25 heavy (non-hydrogen) atoms. The number of aryl methyl sites for hydroxylation is 1. The second kappa shape index (κ2) is 7.85. The van der Waals surface area contributed by atoms with Crippen molar-refractivity contribution in [2.24, 2.45) is 0 Å². The van der Waals surface area contributed by atoms with Crippen molar-refractivity contribution in [2.75, 3.05) is 45.9 Å². The molecule has 7 heteroatoms. The number of aromatic nitrogens is 1. The minimum Gasteiger partial charge on any atom is -0.377 e. The molecule has 1 aromatic heterocycles. The third-order valence-corrected chi connectivity index (χ3v) is 5.18. The van der Waals surface area contributed by atoms with Gasteiger partial charge >= 0.3 is 0 Å². The summed E-state index contributed by atoms with van der Waals surface area (Å²) in [4.78, 5) is 16.9. The van der Waals surface area contributed by atoms with Gasteiger partial charge in [0.1, 0.15) is 11.4 Å². The first kappa shape index (κ1) is 18.4. The highest BCUT2D eigenvalue weighted by Gasteiger charge is 2.44. The molecule has 2 atom stereocenters. The van der Waals surface area contributed by atoms with Gasteiger partial charge in [0.2, 0.25) is 0 Å². The Balaban J connectivity index is 1.66. The number of amides is 1. The van der Waals surface area contributed by atoms with Crippen molar-refractivity contribution in [1.29, 1.82) is 0 Å². The van der Waals surface area contributed by atoms with Crippen LogP contribution in [0.2, 0.25) is 0 Å². The molecule has 3 heterocycles. The average molecular weight is 351 g/mol. The van der Waals surface area contributed by atoms with Crippen LogP contribution < -0.4 is 0 Å². The summed E-state index contributed by atoms with van der Waals surface area (Å²) in [5.74, 6) is 0.526. The van der Waals surface area contributed by atoms with Crippen LogP contribution in [0.5, 0.6) is 0 Å². The largest absolute Gasteiger partial charge is 0.377 e. The zero-order chi connectivity index (χ0) is 17.9. The number of nitrogens with zero attached hydrogens (tertiary/aromatic N) is 3. The van der Waals surface area contributed by atoms with Gasteiger partial charge < -0.3 is 23.8 Å². The van der Waals surface area contributed by atoms with Crippen LogP contribution >= 0.6 is 0 Å². The predicted octanol–water partition coefficient (Wildman–Crippen LogP) is 1.72. The molecule has 1 spiro atoms. The Morgan fingerprint density at radius 1 is 1.44 bits per heavy atom. The first-order valence-corrected chi connectivity index (χ1v) is 9.26. The van der Waals surface area contributed by atoms with Crippen molar-refractivity contribution in [3.63, 3.8) is 0 Å². The van der Waals surface area contributed by atoms with E-state index in [9.17, 15) is 4.79 Å². The molecule has 0 aliphatic carbocycles. The van der Waals surface area contributed by atoms with Crippen molar-refractivity contribution in [3.8, 4) is 0 Å². The molecule has 0 unspecified atom stereocenters. The molecule has 2 aliphatic rings. The molecule has 0 bridgehead atoms. The van der Waals surface area contributed by atoms with Gasteiger partial charge in [-0.25, -0.2) is 0 Å². The summed E-state index contributed by atoms with van der Waals surface area (Å²) in [5, 5.41) is 3.86. The topological polar surface area (TPSA) is 68.0 Å². The van der Waals surface area contributed by atoms with E-state index in [1.165, 1.54) is 0 Å². The molecular weight excluding hydrogens is 322 g/mol. The number of ether oxygens (including phenoxy) is 2. The van der Waals surface area contributed by atoms with Gasteiger partial charge in [0.05, 0.1) is 25.9 Å². The third-order valence-electron chi connectivity index (χ3n) is 5.18. The van der Waals surface area contributed by atoms with E-state index in [4.69, 9.17) is 14.0 Å². The van der Waals surface area contributed by atoms with Crippen LogP contribution in [0.25, 0.3) is 0 Å². The molecular formula is C18H29N3O4. The monoisotopic (exact) mass is 351 g/mol. The van der Waals surface area contributed by atoms with E-state index in [1.54, 1.807) is 17.9 Å². The van der Waals surface area contributed by atoms with E-state index < -0.39 is 5.60 Å². The quantitative estimate of drug-likeness (QED) is 0.805. The van der Waals surface area contributed by atoms with Crippen LogP contribution in [0.15, 0.2) is 10.6 Å². The second-order valence-electron chi connectivity index (χ2n) is 7.05. The van der Waals surface area contributed by atoms with Crippen molar-refractivity contribution in [1.82, 2.24) is 15.0 Å². The second-order valence-corrected chi connectivity index (χ2v) is 7.05. The number of hydrogen-bond donors (Lipinski definition) is 0. The lowest BCUT2D eigenvalue weighted by Gasteiger charge is -2.32. The van der Waals surface area contributed by atoms with Crippen molar-refractivity contribution in [3.05, 3.63) is 17.5 Å². The Morgan fingerprint density at radius 2 is 2.24 bits per heavy atom. The lowest BCUT2D eigenvalue weighted by Crippen LogP contribution is -2.47. The zero-order valence-electron chi connectivity index (χ0n) is 15.5. The number of rotatable bonds is 5. The number of hydrogen-bond acceptors (Lipinski definition) is 6. The van der Waals surface area contributed by atoms with E-state index in [-0.39, 0.29) is 12.0 Å². The van der Waals surface area contributed by atoms with Crippen molar-refractivity contribution >= 4 is 5.91 Å². The smallest absolute Gasteiger partial charge is 0.276 e. The fourth-order valence-corrected chi connectivity index (χ4v) is 3.72. The number of carbonyl (C=O) groups excluding carboxylic acids is 1. The first-order chi connectivity index (χ1) is 12.0. The van der Waals surface area contributed by atoms with Crippen LogP contribution in [0, 0.1) is 6.92 Å². The van der Waals surface area contributed by atoms with Crippen LogP contribution in [-0.2, 0) is 9.47 Å². The summed E-state index contributed by atoms with van der Waals surface area (Å²) in [6.45, 7) is 11.3. The Bertz CT molecular complexity index is 587. The summed E-state index contributed by atoms with van der Waals surface area (Å²) >= 11 is 0. The van der Waals surface area contributed by atoms with Crippen LogP contribution in [-0.4, -0.2) is 78.5 Å². The molecule has 0 radical (unpaired) electrons. The minimum atomic E-state index is -0.400. The Labute approximate surface area is 149 Å². The Hall–Kier alpha value is -1.44. The van der Waals surface area contributed by atoms with Crippen LogP contribution in [0.3, 0.4) is 0 Å². The van der Waals surface area contributed by atoms with E-state index in [2.05, 4.69) is 23.9 Å². The summed E-state index contributed by atoms with van der Waals surface area (Å²) in [7, 11) is 0.